The highest BCUT2D eigenvalue weighted by atomic mass is 16.6. The van der Waals surface area contributed by atoms with Crippen molar-refractivity contribution in [3.8, 4) is 6.07 Å². The maximum absolute atomic E-state index is 12.1. The van der Waals surface area contributed by atoms with Gasteiger partial charge in [0.25, 0.3) is 0 Å². The number of nitrogens with zero attached hydrogens (tertiary/aromatic N) is 3. The van der Waals surface area contributed by atoms with Gasteiger partial charge in [0, 0.05) is 13.1 Å². The Balaban J connectivity index is 2.71. The van der Waals surface area contributed by atoms with Crippen molar-refractivity contribution in [3.63, 3.8) is 0 Å². The number of rotatable bonds is 0. The minimum Gasteiger partial charge on any atom is -0.444 e. The fourth-order valence-corrected chi connectivity index (χ4v) is 1.92. The summed E-state index contributed by atoms with van der Waals surface area (Å²) in [4.78, 5) is 26.9. The van der Waals surface area contributed by atoms with Crippen LogP contribution in [0.4, 0.5) is 9.59 Å². The Bertz CT molecular complexity index is 471. The Morgan fingerprint density at radius 3 is 1.95 bits per heavy atom. The second-order valence-corrected chi connectivity index (χ2v) is 7.24. The average Bonchev–Trinajstić information content (AvgIpc) is 2.33. The topological polar surface area (TPSA) is 82.9 Å². The third kappa shape index (κ3) is 5.43. The highest BCUT2D eigenvalue weighted by Crippen LogP contribution is 2.17. The molecule has 1 aliphatic heterocycles. The van der Waals surface area contributed by atoms with Crippen LogP contribution >= 0.6 is 0 Å². The Morgan fingerprint density at radius 1 is 1.00 bits per heavy atom. The van der Waals surface area contributed by atoms with Gasteiger partial charge in [0.2, 0.25) is 0 Å². The summed E-state index contributed by atoms with van der Waals surface area (Å²) < 4.78 is 10.6. The zero-order valence-corrected chi connectivity index (χ0v) is 14.2. The first-order chi connectivity index (χ1) is 9.93. The van der Waals surface area contributed by atoms with E-state index in [1.54, 1.807) is 41.5 Å². The molecule has 1 heterocycles. The summed E-state index contributed by atoms with van der Waals surface area (Å²) in [5.41, 5.74) is -1.22. The van der Waals surface area contributed by atoms with Gasteiger partial charge >= 0.3 is 12.2 Å². The Morgan fingerprint density at radius 2 is 1.50 bits per heavy atom. The smallest absolute Gasteiger partial charge is 0.411 e. The summed E-state index contributed by atoms with van der Waals surface area (Å²) in [6, 6.07) is 1.30. The molecule has 0 aromatic carbocycles. The highest BCUT2D eigenvalue weighted by molar-refractivity contribution is 5.71. The van der Waals surface area contributed by atoms with E-state index in [1.807, 2.05) is 6.07 Å². The van der Waals surface area contributed by atoms with Crippen molar-refractivity contribution in [1.82, 2.24) is 9.80 Å². The van der Waals surface area contributed by atoms with Crippen LogP contribution in [0, 0.1) is 11.3 Å². The molecule has 1 saturated heterocycles. The fourth-order valence-electron chi connectivity index (χ4n) is 1.92. The van der Waals surface area contributed by atoms with Gasteiger partial charge in [0.05, 0.1) is 12.6 Å². The average molecular weight is 311 g/mol. The van der Waals surface area contributed by atoms with Crippen molar-refractivity contribution in [3.05, 3.63) is 0 Å². The summed E-state index contributed by atoms with van der Waals surface area (Å²) >= 11 is 0. The van der Waals surface area contributed by atoms with Gasteiger partial charge in [0.15, 0.2) is 0 Å². The lowest BCUT2D eigenvalue weighted by Crippen LogP contribution is -2.57. The second kappa shape index (κ2) is 6.42. The van der Waals surface area contributed by atoms with Crippen LogP contribution in [-0.2, 0) is 9.47 Å². The number of hydrogen-bond donors (Lipinski definition) is 0. The van der Waals surface area contributed by atoms with Crippen molar-refractivity contribution in [2.24, 2.45) is 0 Å². The highest BCUT2D eigenvalue weighted by Gasteiger charge is 2.36. The molecule has 22 heavy (non-hydrogen) atoms. The van der Waals surface area contributed by atoms with Gasteiger partial charge in [-0.25, -0.2) is 9.59 Å². The van der Waals surface area contributed by atoms with Crippen molar-refractivity contribution in [2.75, 3.05) is 19.6 Å². The van der Waals surface area contributed by atoms with Crippen molar-refractivity contribution in [1.29, 1.82) is 5.26 Å². The van der Waals surface area contributed by atoms with E-state index < -0.39 is 29.4 Å². The number of nitriles is 1. The van der Waals surface area contributed by atoms with E-state index >= 15 is 0 Å². The second-order valence-electron chi connectivity index (χ2n) is 7.24. The van der Waals surface area contributed by atoms with Gasteiger partial charge in [-0.2, -0.15) is 5.26 Å². The molecular weight excluding hydrogens is 286 g/mol. The molecule has 0 radical (unpaired) electrons. The molecule has 0 N–H and O–H groups in total. The minimum absolute atomic E-state index is 0.116. The molecule has 1 rings (SSSR count). The van der Waals surface area contributed by atoms with E-state index in [1.165, 1.54) is 9.80 Å². The van der Waals surface area contributed by atoms with Gasteiger partial charge < -0.3 is 14.4 Å². The monoisotopic (exact) mass is 311 g/mol. The third-order valence-corrected chi connectivity index (χ3v) is 2.81. The van der Waals surface area contributed by atoms with Crippen molar-refractivity contribution >= 4 is 12.2 Å². The number of piperazine rings is 1. The maximum Gasteiger partial charge on any atom is 0.411 e. The van der Waals surface area contributed by atoms with Crippen LogP contribution in [0.15, 0.2) is 0 Å². The molecule has 0 bridgehead atoms. The molecule has 1 atom stereocenters. The van der Waals surface area contributed by atoms with E-state index in [0.29, 0.717) is 6.54 Å². The van der Waals surface area contributed by atoms with E-state index in [2.05, 4.69) is 0 Å². The molecule has 0 aliphatic carbocycles. The lowest BCUT2D eigenvalue weighted by Gasteiger charge is -2.39. The quantitative estimate of drug-likeness (QED) is 0.686. The number of ether oxygens (including phenoxy) is 2. The number of carbonyl (C=O) groups excluding carboxylic acids is 2. The molecule has 1 fully saturated rings. The predicted molar refractivity (Wildman–Crippen MR) is 80.1 cm³/mol. The summed E-state index contributed by atoms with van der Waals surface area (Å²) in [6.45, 7) is 11.3. The zero-order chi connectivity index (χ0) is 17.1. The Labute approximate surface area is 131 Å². The van der Waals surface area contributed by atoms with Gasteiger partial charge in [-0.1, -0.05) is 0 Å². The van der Waals surface area contributed by atoms with Crippen LogP contribution in [0.2, 0.25) is 0 Å². The number of carbonyl (C=O) groups is 2. The largest absolute Gasteiger partial charge is 0.444 e. The van der Waals surface area contributed by atoms with Gasteiger partial charge in [-0.15, -0.1) is 0 Å². The van der Waals surface area contributed by atoms with Crippen LogP contribution in [0.3, 0.4) is 0 Å². The molecule has 0 saturated carbocycles. The van der Waals surface area contributed by atoms with Crippen LogP contribution in [-0.4, -0.2) is 58.9 Å². The lowest BCUT2D eigenvalue weighted by molar-refractivity contribution is -0.00790. The number of hydrogen-bond acceptors (Lipinski definition) is 5. The SMILES string of the molecule is CC(C)(C)OC(=O)N1CCN(C(=O)OC(C)(C)C)C(C#N)C1. The first kappa shape index (κ1) is 18.1. The molecule has 2 amide bonds. The molecule has 0 aromatic heterocycles. The Kier molecular flexibility index (Phi) is 5.28. The van der Waals surface area contributed by atoms with Crippen LogP contribution < -0.4 is 0 Å². The summed E-state index contributed by atoms with van der Waals surface area (Å²) in [5.74, 6) is 0. The van der Waals surface area contributed by atoms with Gasteiger partial charge in [0.1, 0.15) is 17.2 Å². The molecular formula is C15H25N3O4. The molecule has 124 valence electrons. The normalized spacial score (nSPS) is 19.4. The Hall–Kier alpha value is -1.97. The fraction of sp³-hybridized carbons (Fsp3) is 0.800. The van der Waals surface area contributed by atoms with E-state index in [-0.39, 0.29) is 13.1 Å². The molecule has 1 aliphatic rings. The van der Waals surface area contributed by atoms with Crippen molar-refractivity contribution in [2.45, 2.75) is 58.8 Å². The van der Waals surface area contributed by atoms with E-state index in [9.17, 15) is 14.9 Å². The molecule has 7 heteroatoms. The summed E-state index contributed by atoms with van der Waals surface area (Å²) in [5, 5.41) is 9.26. The van der Waals surface area contributed by atoms with Crippen LogP contribution in [0.5, 0.6) is 0 Å². The first-order valence-corrected chi connectivity index (χ1v) is 7.30. The predicted octanol–water partition coefficient (Wildman–Crippen LogP) is 2.37. The molecule has 0 spiro atoms. The van der Waals surface area contributed by atoms with Crippen LogP contribution in [0.25, 0.3) is 0 Å². The number of amides is 2. The standard InChI is InChI=1S/C15H25N3O4/c1-14(2,3)21-12(19)17-7-8-18(11(9-16)10-17)13(20)22-15(4,5)6/h11H,7-8,10H2,1-6H3. The van der Waals surface area contributed by atoms with E-state index in [0.717, 1.165) is 0 Å². The lowest BCUT2D eigenvalue weighted by atomic mass is 10.2. The molecule has 0 aromatic rings. The third-order valence-electron chi connectivity index (χ3n) is 2.81. The van der Waals surface area contributed by atoms with Gasteiger partial charge in [-0.3, -0.25) is 4.90 Å². The van der Waals surface area contributed by atoms with Gasteiger partial charge in [-0.05, 0) is 41.5 Å². The zero-order valence-electron chi connectivity index (χ0n) is 14.2. The molecule has 7 nitrogen and oxygen atoms in total. The van der Waals surface area contributed by atoms with Crippen LogP contribution in [0.1, 0.15) is 41.5 Å². The summed E-state index contributed by atoms with van der Waals surface area (Å²) in [6.07, 6.45) is -1.01. The minimum atomic E-state index is -0.740. The van der Waals surface area contributed by atoms with Crippen molar-refractivity contribution < 1.29 is 19.1 Å². The first-order valence-electron chi connectivity index (χ1n) is 7.30. The summed E-state index contributed by atoms with van der Waals surface area (Å²) in [7, 11) is 0. The van der Waals surface area contributed by atoms with E-state index in [4.69, 9.17) is 9.47 Å². The maximum atomic E-state index is 12.1. The molecule has 1 unspecified atom stereocenters.